The lowest BCUT2D eigenvalue weighted by atomic mass is 10.3. The molecule has 17 heavy (non-hydrogen) atoms. The normalized spacial score (nSPS) is 10.8. The number of hydrogen-bond acceptors (Lipinski definition) is 5. The van der Waals surface area contributed by atoms with Gasteiger partial charge in [0.1, 0.15) is 0 Å². The number of aryl methyl sites for hydroxylation is 1. The zero-order chi connectivity index (χ0) is 12.7. The van der Waals surface area contributed by atoms with E-state index in [2.05, 4.69) is 26.9 Å². The van der Waals surface area contributed by atoms with E-state index in [1.165, 1.54) is 12.1 Å². The Labute approximate surface area is 107 Å². The number of methoxy groups -OCH3 is 1. The Bertz CT molecular complexity index is 352. The molecule has 4 nitrogen and oxygen atoms in total. The van der Waals surface area contributed by atoms with Crippen molar-refractivity contribution in [2.75, 3.05) is 20.7 Å². The molecule has 1 aromatic rings. The molecule has 0 aliphatic heterocycles. The summed E-state index contributed by atoms with van der Waals surface area (Å²) >= 11 is 1.72. The van der Waals surface area contributed by atoms with Crippen molar-refractivity contribution in [1.29, 1.82) is 0 Å². The van der Waals surface area contributed by atoms with Gasteiger partial charge in [-0.3, -0.25) is 9.69 Å². The predicted octanol–water partition coefficient (Wildman–Crippen LogP) is 2.09. The van der Waals surface area contributed by atoms with Crippen molar-refractivity contribution in [3.63, 3.8) is 0 Å². The fourth-order valence-electron chi connectivity index (χ4n) is 1.49. The molecular weight excluding hydrogens is 236 g/mol. The van der Waals surface area contributed by atoms with Crippen molar-refractivity contribution in [2.45, 2.75) is 32.7 Å². The van der Waals surface area contributed by atoms with Gasteiger partial charge in [0, 0.05) is 18.5 Å². The SMILES string of the molecule is CCCc1nc(CN(C)CCC(=O)OC)cs1. The fraction of sp³-hybridized carbons (Fsp3) is 0.667. The molecule has 0 spiro atoms. The lowest BCUT2D eigenvalue weighted by molar-refractivity contribution is -0.140. The van der Waals surface area contributed by atoms with Gasteiger partial charge in [-0.1, -0.05) is 6.92 Å². The molecule has 0 atom stereocenters. The van der Waals surface area contributed by atoms with Crippen LogP contribution in [0.4, 0.5) is 0 Å². The number of carbonyl (C=O) groups excluding carboxylic acids is 1. The molecule has 0 aliphatic carbocycles. The molecule has 96 valence electrons. The molecular formula is C12H20N2O2S. The van der Waals surface area contributed by atoms with Gasteiger partial charge in [-0.2, -0.15) is 0 Å². The third kappa shape index (κ3) is 5.28. The van der Waals surface area contributed by atoms with Crippen molar-refractivity contribution in [3.05, 3.63) is 16.1 Å². The van der Waals surface area contributed by atoms with Crippen LogP contribution in [0, 0.1) is 0 Å². The van der Waals surface area contributed by atoms with E-state index >= 15 is 0 Å². The molecule has 0 saturated heterocycles. The Balaban J connectivity index is 2.34. The Morgan fingerprint density at radius 2 is 2.35 bits per heavy atom. The van der Waals surface area contributed by atoms with E-state index < -0.39 is 0 Å². The third-order valence-electron chi connectivity index (χ3n) is 2.42. The third-order valence-corrected chi connectivity index (χ3v) is 3.38. The summed E-state index contributed by atoms with van der Waals surface area (Å²) < 4.78 is 4.61. The molecule has 0 N–H and O–H groups in total. The van der Waals surface area contributed by atoms with Gasteiger partial charge in [0.25, 0.3) is 0 Å². The maximum atomic E-state index is 11.0. The highest BCUT2D eigenvalue weighted by atomic mass is 32.1. The molecule has 0 unspecified atom stereocenters. The summed E-state index contributed by atoms with van der Waals surface area (Å²) in [5.74, 6) is -0.165. The molecule has 1 rings (SSSR count). The van der Waals surface area contributed by atoms with Gasteiger partial charge in [0.15, 0.2) is 0 Å². The van der Waals surface area contributed by atoms with Crippen LogP contribution < -0.4 is 0 Å². The van der Waals surface area contributed by atoms with Gasteiger partial charge >= 0.3 is 5.97 Å². The van der Waals surface area contributed by atoms with Gasteiger partial charge in [-0.25, -0.2) is 4.98 Å². The van der Waals surface area contributed by atoms with E-state index in [4.69, 9.17) is 0 Å². The molecule has 0 fully saturated rings. The van der Waals surface area contributed by atoms with E-state index in [1.807, 2.05) is 7.05 Å². The van der Waals surface area contributed by atoms with Crippen molar-refractivity contribution in [3.8, 4) is 0 Å². The minimum absolute atomic E-state index is 0.165. The quantitative estimate of drug-likeness (QED) is 0.701. The van der Waals surface area contributed by atoms with Crippen LogP contribution in [0.5, 0.6) is 0 Å². The molecule has 0 amide bonds. The van der Waals surface area contributed by atoms with E-state index in [9.17, 15) is 4.79 Å². The van der Waals surface area contributed by atoms with E-state index in [0.29, 0.717) is 13.0 Å². The zero-order valence-electron chi connectivity index (χ0n) is 10.7. The van der Waals surface area contributed by atoms with Crippen molar-refractivity contribution in [2.24, 2.45) is 0 Å². The van der Waals surface area contributed by atoms with Crippen molar-refractivity contribution >= 4 is 17.3 Å². The first-order valence-corrected chi connectivity index (χ1v) is 6.72. The molecule has 1 aromatic heterocycles. The molecule has 0 radical (unpaired) electrons. The monoisotopic (exact) mass is 256 g/mol. The Morgan fingerprint density at radius 3 is 3.00 bits per heavy atom. The van der Waals surface area contributed by atoms with Crippen LogP contribution in [0.1, 0.15) is 30.5 Å². The van der Waals surface area contributed by atoms with Crippen LogP contribution in [0.25, 0.3) is 0 Å². The molecule has 5 heteroatoms. The van der Waals surface area contributed by atoms with Crippen LogP contribution >= 0.6 is 11.3 Å². The summed E-state index contributed by atoms with van der Waals surface area (Å²) in [4.78, 5) is 17.6. The number of nitrogens with zero attached hydrogens (tertiary/aromatic N) is 2. The van der Waals surface area contributed by atoms with Crippen molar-refractivity contribution < 1.29 is 9.53 Å². The minimum Gasteiger partial charge on any atom is -0.469 e. The van der Waals surface area contributed by atoms with Gasteiger partial charge in [0.05, 0.1) is 24.2 Å². The van der Waals surface area contributed by atoms with Crippen LogP contribution in [0.3, 0.4) is 0 Å². The maximum absolute atomic E-state index is 11.0. The fourth-order valence-corrected chi connectivity index (χ4v) is 2.38. The minimum atomic E-state index is -0.165. The van der Waals surface area contributed by atoms with E-state index in [0.717, 1.165) is 25.1 Å². The van der Waals surface area contributed by atoms with Gasteiger partial charge in [0.2, 0.25) is 0 Å². The van der Waals surface area contributed by atoms with Crippen LogP contribution in [-0.2, 0) is 22.5 Å². The topological polar surface area (TPSA) is 42.4 Å². The number of esters is 1. The largest absolute Gasteiger partial charge is 0.469 e. The van der Waals surface area contributed by atoms with Gasteiger partial charge in [-0.05, 0) is 19.9 Å². The predicted molar refractivity (Wildman–Crippen MR) is 69.1 cm³/mol. The first-order valence-electron chi connectivity index (χ1n) is 5.84. The van der Waals surface area contributed by atoms with E-state index in [1.54, 1.807) is 11.3 Å². The lowest BCUT2D eigenvalue weighted by Crippen LogP contribution is -2.22. The number of carbonyl (C=O) groups is 1. The first-order chi connectivity index (χ1) is 8.15. The number of thiazole rings is 1. The number of rotatable bonds is 7. The standard InChI is InChI=1S/C12H20N2O2S/c1-4-5-11-13-10(9-17-11)8-14(2)7-6-12(15)16-3/h9H,4-8H2,1-3H3. The highest BCUT2D eigenvalue weighted by molar-refractivity contribution is 7.09. The lowest BCUT2D eigenvalue weighted by Gasteiger charge is -2.13. The summed E-state index contributed by atoms with van der Waals surface area (Å²) in [6.07, 6.45) is 2.61. The van der Waals surface area contributed by atoms with Crippen LogP contribution in [-0.4, -0.2) is 36.6 Å². The maximum Gasteiger partial charge on any atom is 0.306 e. The zero-order valence-corrected chi connectivity index (χ0v) is 11.5. The van der Waals surface area contributed by atoms with Crippen LogP contribution in [0.15, 0.2) is 5.38 Å². The molecule has 0 saturated carbocycles. The summed E-state index contributed by atoms with van der Waals surface area (Å²) in [6, 6.07) is 0. The summed E-state index contributed by atoms with van der Waals surface area (Å²) in [5, 5.41) is 3.29. The number of aromatic nitrogens is 1. The first kappa shape index (κ1) is 14.1. The Kier molecular flexibility index (Phi) is 6.15. The summed E-state index contributed by atoms with van der Waals surface area (Å²) in [7, 11) is 3.40. The average Bonchev–Trinajstić information content (AvgIpc) is 2.74. The summed E-state index contributed by atoms with van der Waals surface area (Å²) in [5.41, 5.74) is 1.09. The summed E-state index contributed by atoms with van der Waals surface area (Å²) in [6.45, 7) is 3.65. The molecule has 0 aliphatic rings. The highest BCUT2D eigenvalue weighted by Crippen LogP contribution is 2.13. The second-order valence-corrected chi connectivity index (χ2v) is 4.99. The molecule has 0 bridgehead atoms. The van der Waals surface area contributed by atoms with Crippen molar-refractivity contribution in [1.82, 2.24) is 9.88 Å². The van der Waals surface area contributed by atoms with Gasteiger partial charge < -0.3 is 4.74 Å². The number of hydrogen-bond donors (Lipinski definition) is 0. The average molecular weight is 256 g/mol. The number of ether oxygens (including phenoxy) is 1. The van der Waals surface area contributed by atoms with E-state index in [-0.39, 0.29) is 5.97 Å². The second-order valence-electron chi connectivity index (χ2n) is 4.05. The molecule has 0 aromatic carbocycles. The molecule has 1 heterocycles. The van der Waals surface area contributed by atoms with Gasteiger partial charge in [-0.15, -0.1) is 11.3 Å². The Morgan fingerprint density at radius 1 is 1.59 bits per heavy atom. The smallest absolute Gasteiger partial charge is 0.306 e. The highest BCUT2D eigenvalue weighted by Gasteiger charge is 2.07. The Hall–Kier alpha value is -0.940. The second kappa shape index (κ2) is 7.40. The van der Waals surface area contributed by atoms with Crippen LogP contribution in [0.2, 0.25) is 0 Å².